The minimum Gasteiger partial charge on any atom is -0.340 e. The van der Waals surface area contributed by atoms with E-state index < -0.39 is 5.54 Å². The van der Waals surface area contributed by atoms with Gasteiger partial charge in [0.25, 0.3) is 0 Å². The first-order chi connectivity index (χ1) is 8.85. The van der Waals surface area contributed by atoms with Gasteiger partial charge < -0.3 is 10.2 Å². The van der Waals surface area contributed by atoms with Crippen LogP contribution in [0.1, 0.15) is 53.9 Å². The van der Waals surface area contributed by atoms with E-state index in [1.54, 1.807) is 0 Å². The smallest absolute Gasteiger partial charge is 0.248 e. The summed E-state index contributed by atoms with van der Waals surface area (Å²) in [6.07, 6.45) is 2.78. The minimum atomic E-state index is -0.719. The van der Waals surface area contributed by atoms with E-state index in [1.807, 2.05) is 32.6 Å². The molecule has 0 radical (unpaired) electrons. The standard InChI is InChI=1S/C15H26N2O2/c1-6-10-8-11(10)17-12(9(3)4)13(18)16-15(5,7-2)14(17)19/h9-12H,6-8H2,1-5H3,(H,16,18). The van der Waals surface area contributed by atoms with Gasteiger partial charge in [-0.1, -0.05) is 34.1 Å². The first kappa shape index (κ1) is 14.4. The second-order valence-corrected chi connectivity index (χ2v) is 6.55. The van der Waals surface area contributed by atoms with Gasteiger partial charge >= 0.3 is 0 Å². The molecule has 0 spiro atoms. The summed E-state index contributed by atoms with van der Waals surface area (Å²) in [6.45, 7) is 9.99. The molecule has 2 fully saturated rings. The quantitative estimate of drug-likeness (QED) is 0.845. The average Bonchev–Trinajstić information content (AvgIpc) is 3.12. The molecule has 2 rings (SSSR count). The molecule has 1 saturated heterocycles. The molecule has 4 atom stereocenters. The molecule has 1 aliphatic heterocycles. The van der Waals surface area contributed by atoms with E-state index in [1.165, 1.54) is 0 Å². The largest absolute Gasteiger partial charge is 0.340 e. The zero-order valence-electron chi connectivity index (χ0n) is 12.7. The van der Waals surface area contributed by atoms with Crippen LogP contribution in [0, 0.1) is 11.8 Å². The van der Waals surface area contributed by atoms with Crippen molar-refractivity contribution in [1.29, 1.82) is 0 Å². The zero-order valence-corrected chi connectivity index (χ0v) is 12.7. The molecule has 19 heavy (non-hydrogen) atoms. The topological polar surface area (TPSA) is 49.4 Å². The Kier molecular flexibility index (Phi) is 3.63. The van der Waals surface area contributed by atoms with Crippen LogP contribution in [0.2, 0.25) is 0 Å². The van der Waals surface area contributed by atoms with Crippen LogP contribution in [-0.4, -0.2) is 34.3 Å². The van der Waals surface area contributed by atoms with E-state index in [0.29, 0.717) is 12.3 Å². The number of hydrogen-bond donors (Lipinski definition) is 1. The lowest BCUT2D eigenvalue weighted by Crippen LogP contribution is -2.70. The van der Waals surface area contributed by atoms with E-state index in [-0.39, 0.29) is 29.8 Å². The second kappa shape index (κ2) is 4.80. The molecule has 1 heterocycles. The van der Waals surface area contributed by atoms with Gasteiger partial charge in [-0.25, -0.2) is 0 Å². The number of carbonyl (C=O) groups excluding carboxylic acids is 2. The third-order valence-electron chi connectivity index (χ3n) is 4.78. The maximum absolute atomic E-state index is 12.8. The fraction of sp³-hybridized carbons (Fsp3) is 0.867. The number of nitrogens with one attached hydrogen (secondary N) is 1. The molecule has 0 aromatic rings. The second-order valence-electron chi connectivity index (χ2n) is 6.55. The number of amides is 2. The van der Waals surface area contributed by atoms with E-state index in [2.05, 4.69) is 12.2 Å². The van der Waals surface area contributed by atoms with Crippen molar-refractivity contribution in [2.24, 2.45) is 11.8 Å². The third-order valence-corrected chi connectivity index (χ3v) is 4.78. The summed E-state index contributed by atoms with van der Waals surface area (Å²) in [5, 5.41) is 2.94. The summed E-state index contributed by atoms with van der Waals surface area (Å²) < 4.78 is 0. The van der Waals surface area contributed by atoms with Crippen LogP contribution in [-0.2, 0) is 9.59 Å². The highest BCUT2D eigenvalue weighted by Gasteiger charge is 2.55. The van der Waals surface area contributed by atoms with Crippen molar-refractivity contribution < 1.29 is 9.59 Å². The molecule has 4 heteroatoms. The number of carbonyl (C=O) groups is 2. The lowest BCUT2D eigenvalue weighted by molar-refractivity contribution is -0.157. The fourth-order valence-corrected chi connectivity index (χ4v) is 3.17. The molecular weight excluding hydrogens is 240 g/mol. The van der Waals surface area contributed by atoms with Gasteiger partial charge in [-0.2, -0.15) is 0 Å². The molecular formula is C15H26N2O2. The summed E-state index contributed by atoms with van der Waals surface area (Å²) >= 11 is 0. The van der Waals surface area contributed by atoms with Crippen molar-refractivity contribution in [3.05, 3.63) is 0 Å². The third kappa shape index (κ3) is 2.26. The Labute approximate surface area is 115 Å². The Hall–Kier alpha value is -1.06. The molecule has 0 aromatic carbocycles. The van der Waals surface area contributed by atoms with Crippen LogP contribution in [0.3, 0.4) is 0 Å². The summed E-state index contributed by atoms with van der Waals surface area (Å²) in [4.78, 5) is 27.1. The van der Waals surface area contributed by atoms with Crippen molar-refractivity contribution in [1.82, 2.24) is 10.2 Å². The highest BCUT2D eigenvalue weighted by atomic mass is 16.2. The van der Waals surface area contributed by atoms with Gasteiger partial charge in [-0.05, 0) is 31.6 Å². The summed E-state index contributed by atoms with van der Waals surface area (Å²) in [6, 6.07) is -0.0181. The monoisotopic (exact) mass is 266 g/mol. The fourth-order valence-electron chi connectivity index (χ4n) is 3.17. The maximum atomic E-state index is 12.8. The van der Waals surface area contributed by atoms with Crippen LogP contribution >= 0.6 is 0 Å². The number of hydrogen-bond acceptors (Lipinski definition) is 2. The molecule has 0 bridgehead atoms. The van der Waals surface area contributed by atoms with Crippen molar-refractivity contribution in [2.45, 2.75) is 71.5 Å². The highest BCUT2D eigenvalue weighted by molar-refractivity contribution is 6.00. The van der Waals surface area contributed by atoms with Crippen molar-refractivity contribution in [2.75, 3.05) is 0 Å². The summed E-state index contributed by atoms with van der Waals surface area (Å²) in [5.74, 6) is 0.857. The predicted molar refractivity (Wildman–Crippen MR) is 74.5 cm³/mol. The molecule has 2 aliphatic rings. The van der Waals surface area contributed by atoms with Crippen LogP contribution in [0.25, 0.3) is 0 Å². The lowest BCUT2D eigenvalue weighted by atomic mass is 9.88. The van der Waals surface area contributed by atoms with Crippen LogP contribution in [0.5, 0.6) is 0 Å². The molecule has 2 amide bonds. The van der Waals surface area contributed by atoms with E-state index in [0.717, 1.165) is 12.8 Å². The van der Waals surface area contributed by atoms with E-state index >= 15 is 0 Å². The van der Waals surface area contributed by atoms with Gasteiger partial charge in [0.1, 0.15) is 11.6 Å². The van der Waals surface area contributed by atoms with E-state index in [9.17, 15) is 9.59 Å². The first-order valence-electron chi connectivity index (χ1n) is 7.50. The van der Waals surface area contributed by atoms with Crippen LogP contribution in [0.4, 0.5) is 0 Å². The lowest BCUT2D eigenvalue weighted by Gasteiger charge is -2.46. The van der Waals surface area contributed by atoms with Gasteiger partial charge in [0.15, 0.2) is 0 Å². The van der Waals surface area contributed by atoms with E-state index in [4.69, 9.17) is 0 Å². The van der Waals surface area contributed by atoms with Gasteiger partial charge in [-0.3, -0.25) is 9.59 Å². The number of rotatable bonds is 4. The number of nitrogens with zero attached hydrogens (tertiary/aromatic N) is 1. The SMILES string of the molecule is CCC1CC1N1C(=O)C(C)(CC)NC(=O)C1C(C)C. The Morgan fingerprint density at radius 1 is 1.37 bits per heavy atom. The molecule has 1 saturated carbocycles. The first-order valence-corrected chi connectivity index (χ1v) is 7.50. The van der Waals surface area contributed by atoms with Gasteiger partial charge in [-0.15, -0.1) is 0 Å². The molecule has 108 valence electrons. The molecule has 1 aliphatic carbocycles. The summed E-state index contributed by atoms with van der Waals surface area (Å²) in [5.41, 5.74) is -0.719. The average molecular weight is 266 g/mol. The molecule has 4 unspecified atom stereocenters. The van der Waals surface area contributed by atoms with Crippen LogP contribution in [0.15, 0.2) is 0 Å². The number of piperazine rings is 1. The maximum Gasteiger partial charge on any atom is 0.248 e. The summed E-state index contributed by atoms with van der Waals surface area (Å²) in [7, 11) is 0. The van der Waals surface area contributed by atoms with Gasteiger partial charge in [0.2, 0.25) is 11.8 Å². The highest BCUT2D eigenvalue weighted by Crippen LogP contribution is 2.42. The Bertz CT molecular complexity index is 394. The Morgan fingerprint density at radius 3 is 2.42 bits per heavy atom. The predicted octanol–water partition coefficient (Wildman–Crippen LogP) is 1.94. The minimum absolute atomic E-state index is 0.0145. The molecule has 1 N–H and O–H groups in total. The Balaban J connectivity index is 2.31. The van der Waals surface area contributed by atoms with Gasteiger partial charge in [0.05, 0.1) is 0 Å². The zero-order chi connectivity index (χ0) is 14.4. The van der Waals surface area contributed by atoms with Gasteiger partial charge in [0, 0.05) is 6.04 Å². The van der Waals surface area contributed by atoms with Crippen molar-refractivity contribution >= 4 is 11.8 Å². The van der Waals surface area contributed by atoms with Crippen molar-refractivity contribution in [3.63, 3.8) is 0 Å². The molecule has 0 aromatic heterocycles. The Morgan fingerprint density at radius 2 is 2.00 bits per heavy atom. The van der Waals surface area contributed by atoms with Crippen LogP contribution < -0.4 is 5.32 Å². The molecule has 4 nitrogen and oxygen atoms in total. The van der Waals surface area contributed by atoms with Crippen molar-refractivity contribution in [3.8, 4) is 0 Å². The normalized spacial score (nSPS) is 38.6.